The van der Waals surface area contributed by atoms with Crippen LogP contribution in [0.2, 0.25) is 0 Å². The Morgan fingerprint density at radius 2 is 2.06 bits per heavy atom. The quantitative estimate of drug-likeness (QED) is 0.526. The van der Waals surface area contributed by atoms with Gasteiger partial charge in [-0.15, -0.1) is 10.2 Å². The highest BCUT2D eigenvalue weighted by molar-refractivity contribution is 5.94. The van der Waals surface area contributed by atoms with Crippen LogP contribution in [0.5, 0.6) is 5.75 Å². The van der Waals surface area contributed by atoms with Crippen LogP contribution in [0.1, 0.15) is 12.8 Å². The van der Waals surface area contributed by atoms with E-state index in [9.17, 15) is 0 Å². The van der Waals surface area contributed by atoms with Gasteiger partial charge < -0.3 is 20.3 Å². The third-order valence-corrected chi connectivity index (χ3v) is 6.16. The van der Waals surface area contributed by atoms with E-state index in [1.807, 2.05) is 25.5 Å². The summed E-state index contributed by atoms with van der Waals surface area (Å²) in [5.41, 5.74) is 2.52. The largest absolute Gasteiger partial charge is 0.486 e. The van der Waals surface area contributed by atoms with E-state index in [4.69, 9.17) is 4.74 Å². The molecular formula is C22H24N8O. The maximum absolute atomic E-state index is 5.90. The third kappa shape index (κ3) is 3.12. The van der Waals surface area contributed by atoms with Gasteiger partial charge >= 0.3 is 0 Å². The van der Waals surface area contributed by atoms with Gasteiger partial charge in [-0.3, -0.25) is 0 Å². The molecule has 2 aliphatic heterocycles. The minimum atomic E-state index is 0.430. The van der Waals surface area contributed by atoms with Crippen molar-refractivity contribution in [3.05, 3.63) is 36.7 Å². The topological polar surface area (TPSA) is 92.5 Å². The summed E-state index contributed by atoms with van der Waals surface area (Å²) in [6, 6.07) is 8.74. The molecule has 6 rings (SSSR count). The fourth-order valence-corrected chi connectivity index (χ4v) is 4.39. The lowest BCUT2D eigenvalue weighted by atomic mass is 10.0. The first-order valence-corrected chi connectivity index (χ1v) is 10.7. The van der Waals surface area contributed by atoms with Crippen LogP contribution in [0.4, 0.5) is 11.5 Å². The predicted molar refractivity (Wildman–Crippen MR) is 120 cm³/mol. The zero-order valence-electron chi connectivity index (χ0n) is 17.4. The number of hydrogen-bond donors (Lipinski definition) is 2. The second-order valence-corrected chi connectivity index (χ2v) is 8.15. The van der Waals surface area contributed by atoms with Crippen LogP contribution in [0.25, 0.3) is 27.8 Å². The van der Waals surface area contributed by atoms with Gasteiger partial charge in [0.05, 0.1) is 12.7 Å². The van der Waals surface area contributed by atoms with E-state index in [1.165, 1.54) is 0 Å². The van der Waals surface area contributed by atoms with Gasteiger partial charge in [0, 0.05) is 30.2 Å². The predicted octanol–water partition coefficient (Wildman–Crippen LogP) is 2.33. The van der Waals surface area contributed by atoms with E-state index in [2.05, 4.69) is 54.0 Å². The van der Waals surface area contributed by atoms with Crippen LogP contribution in [-0.2, 0) is 0 Å². The van der Waals surface area contributed by atoms with Crippen LogP contribution >= 0.6 is 0 Å². The number of rotatable bonds is 3. The number of piperidine rings is 1. The molecule has 1 aromatic carbocycles. The maximum atomic E-state index is 5.90. The van der Waals surface area contributed by atoms with E-state index in [1.54, 1.807) is 4.52 Å². The minimum absolute atomic E-state index is 0.430. The van der Waals surface area contributed by atoms with Crippen LogP contribution in [0.15, 0.2) is 36.7 Å². The highest BCUT2D eigenvalue weighted by Gasteiger charge is 2.23. The Bertz CT molecular complexity index is 1260. The molecule has 9 heteroatoms. The Morgan fingerprint density at radius 1 is 1.16 bits per heavy atom. The molecule has 1 saturated heterocycles. The van der Waals surface area contributed by atoms with Crippen molar-refractivity contribution in [2.75, 3.05) is 43.5 Å². The van der Waals surface area contributed by atoms with Gasteiger partial charge in [0.2, 0.25) is 5.65 Å². The van der Waals surface area contributed by atoms with Gasteiger partial charge in [0.25, 0.3) is 0 Å². The molecular weight excluding hydrogens is 392 g/mol. The van der Waals surface area contributed by atoms with Crippen LogP contribution in [-0.4, -0.2) is 64.1 Å². The Hall–Kier alpha value is -3.46. The second kappa shape index (κ2) is 7.35. The maximum Gasteiger partial charge on any atom is 0.222 e. The van der Waals surface area contributed by atoms with E-state index in [0.29, 0.717) is 24.1 Å². The van der Waals surface area contributed by atoms with Crippen molar-refractivity contribution in [2.45, 2.75) is 18.9 Å². The summed E-state index contributed by atoms with van der Waals surface area (Å²) in [7, 11) is 2.03. The summed E-state index contributed by atoms with van der Waals surface area (Å²) in [5, 5.41) is 22.7. The van der Waals surface area contributed by atoms with E-state index >= 15 is 0 Å². The number of nitrogens with zero attached hydrogens (tertiary/aromatic N) is 6. The first kappa shape index (κ1) is 18.3. The van der Waals surface area contributed by atoms with Gasteiger partial charge in [-0.25, -0.2) is 4.98 Å². The average molecular weight is 416 g/mol. The molecule has 5 heterocycles. The molecule has 0 unspecified atom stereocenters. The average Bonchev–Trinajstić information content (AvgIpc) is 3.25. The third-order valence-electron chi connectivity index (χ3n) is 6.16. The van der Waals surface area contributed by atoms with E-state index in [0.717, 1.165) is 66.1 Å². The highest BCUT2D eigenvalue weighted by Crippen LogP contribution is 2.35. The minimum Gasteiger partial charge on any atom is -0.486 e. The Balaban J connectivity index is 1.43. The van der Waals surface area contributed by atoms with Crippen LogP contribution in [0.3, 0.4) is 0 Å². The summed E-state index contributed by atoms with van der Waals surface area (Å²) in [6.45, 7) is 3.52. The molecule has 31 heavy (non-hydrogen) atoms. The Kier molecular flexibility index (Phi) is 4.34. The van der Waals surface area contributed by atoms with Crippen molar-refractivity contribution in [3.8, 4) is 17.1 Å². The smallest absolute Gasteiger partial charge is 0.222 e. The zero-order chi connectivity index (χ0) is 20.8. The van der Waals surface area contributed by atoms with Crippen LogP contribution in [0, 0.1) is 0 Å². The summed E-state index contributed by atoms with van der Waals surface area (Å²) in [5.74, 6) is 2.33. The van der Waals surface area contributed by atoms with Crippen molar-refractivity contribution in [2.24, 2.45) is 0 Å². The van der Waals surface area contributed by atoms with Crippen molar-refractivity contribution in [1.82, 2.24) is 30.1 Å². The van der Waals surface area contributed by atoms with Gasteiger partial charge in [-0.1, -0.05) is 12.1 Å². The summed E-state index contributed by atoms with van der Waals surface area (Å²) >= 11 is 0. The SMILES string of the molecule is CN1CCOc2c1cnn1c(-c3ccc4ccnc(NC5CCNCC5)c4c3)nnc21. The molecule has 4 aromatic rings. The first-order chi connectivity index (χ1) is 15.3. The molecule has 158 valence electrons. The zero-order valence-corrected chi connectivity index (χ0v) is 17.4. The normalized spacial score (nSPS) is 17.0. The number of nitrogens with one attached hydrogen (secondary N) is 2. The van der Waals surface area contributed by atoms with Gasteiger partial charge in [0.1, 0.15) is 18.1 Å². The molecule has 0 saturated carbocycles. The molecule has 0 aliphatic carbocycles. The highest BCUT2D eigenvalue weighted by atomic mass is 16.5. The van der Waals surface area contributed by atoms with Gasteiger partial charge in [0.15, 0.2) is 11.6 Å². The van der Waals surface area contributed by atoms with E-state index in [-0.39, 0.29) is 0 Å². The number of anilines is 2. The lowest BCUT2D eigenvalue weighted by Gasteiger charge is -2.26. The standard InChI is InChI=1S/C22H24N8O/c1-29-10-11-31-19-18(29)13-25-30-21(27-28-22(19)30)15-3-2-14-4-9-24-20(17(14)12-15)26-16-5-7-23-8-6-16/h2-4,9,12-13,16,23H,5-8,10-11H2,1H3,(H,24,26). The number of aromatic nitrogens is 5. The fraction of sp³-hybridized carbons (Fsp3) is 0.364. The first-order valence-electron chi connectivity index (χ1n) is 10.7. The molecule has 2 N–H and O–H groups in total. The molecule has 2 aliphatic rings. The summed E-state index contributed by atoms with van der Waals surface area (Å²) in [4.78, 5) is 6.76. The lowest BCUT2D eigenvalue weighted by molar-refractivity contribution is 0.312. The number of ether oxygens (including phenoxy) is 1. The fourth-order valence-electron chi connectivity index (χ4n) is 4.39. The molecule has 3 aromatic heterocycles. The van der Waals surface area contributed by atoms with Crippen molar-refractivity contribution in [3.63, 3.8) is 0 Å². The molecule has 9 nitrogen and oxygen atoms in total. The molecule has 0 bridgehead atoms. The molecule has 1 fully saturated rings. The lowest BCUT2D eigenvalue weighted by Crippen LogP contribution is -2.35. The van der Waals surface area contributed by atoms with E-state index < -0.39 is 0 Å². The monoisotopic (exact) mass is 416 g/mol. The van der Waals surface area contributed by atoms with Crippen molar-refractivity contribution < 1.29 is 4.74 Å². The van der Waals surface area contributed by atoms with Crippen LogP contribution < -0.4 is 20.3 Å². The van der Waals surface area contributed by atoms with Crippen molar-refractivity contribution >= 4 is 27.9 Å². The van der Waals surface area contributed by atoms with Crippen molar-refractivity contribution in [1.29, 1.82) is 0 Å². The molecule has 0 radical (unpaired) electrons. The second-order valence-electron chi connectivity index (χ2n) is 8.15. The Morgan fingerprint density at radius 3 is 2.97 bits per heavy atom. The van der Waals surface area contributed by atoms with Gasteiger partial charge in [-0.05, 0) is 43.5 Å². The molecule has 0 spiro atoms. The molecule has 0 amide bonds. The number of fused-ring (bicyclic) bond motifs is 4. The number of pyridine rings is 1. The van der Waals surface area contributed by atoms with Gasteiger partial charge in [-0.2, -0.15) is 9.61 Å². The molecule has 0 atom stereocenters. The number of hydrogen-bond acceptors (Lipinski definition) is 8. The summed E-state index contributed by atoms with van der Waals surface area (Å²) < 4.78 is 7.66. The Labute approximate surface area is 179 Å². The summed E-state index contributed by atoms with van der Waals surface area (Å²) in [6.07, 6.45) is 5.87. The number of likely N-dealkylation sites (N-methyl/N-ethyl adjacent to an activating group) is 1. The number of benzene rings is 1.